The van der Waals surface area contributed by atoms with Crippen LogP contribution in [0, 0.1) is 5.92 Å². The minimum atomic E-state index is -0.980. The number of carboxylic acid groups (broad SMARTS) is 1. The average Bonchev–Trinajstić information content (AvgIpc) is 2.46. The van der Waals surface area contributed by atoms with Crippen molar-refractivity contribution in [2.24, 2.45) is 5.92 Å². The zero-order valence-corrected chi connectivity index (χ0v) is 12.3. The molecule has 1 N–H and O–H groups in total. The summed E-state index contributed by atoms with van der Waals surface area (Å²) in [4.78, 5) is 10.6. The van der Waals surface area contributed by atoms with Gasteiger partial charge in [0, 0.05) is 17.7 Å². The summed E-state index contributed by atoms with van der Waals surface area (Å²) in [7, 11) is 1.59. The van der Waals surface area contributed by atoms with Gasteiger partial charge in [0.2, 0.25) is 0 Å². The Hall–Kier alpha value is -1.97. The second-order valence-corrected chi connectivity index (χ2v) is 4.57. The van der Waals surface area contributed by atoms with Gasteiger partial charge in [0.15, 0.2) is 0 Å². The van der Waals surface area contributed by atoms with E-state index in [2.05, 4.69) is 13.8 Å². The van der Waals surface area contributed by atoms with Gasteiger partial charge < -0.3 is 14.6 Å². The Bertz CT molecular complexity index is 462. The van der Waals surface area contributed by atoms with E-state index in [4.69, 9.17) is 14.6 Å². The number of hydrogen-bond donors (Lipinski definition) is 1. The van der Waals surface area contributed by atoms with Gasteiger partial charge in [0.05, 0.1) is 13.7 Å². The summed E-state index contributed by atoms with van der Waals surface area (Å²) in [5.74, 6) is 0.857. The van der Waals surface area contributed by atoms with Gasteiger partial charge >= 0.3 is 5.97 Å². The number of rotatable bonds is 8. The third-order valence-electron chi connectivity index (χ3n) is 3.26. The lowest BCUT2D eigenvalue weighted by Crippen LogP contribution is -2.10. The molecule has 0 atom stereocenters. The van der Waals surface area contributed by atoms with Crippen molar-refractivity contribution in [1.29, 1.82) is 0 Å². The van der Waals surface area contributed by atoms with Crippen LogP contribution in [-0.4, -0.2) is 24.8 Å². The number of methoxy groups -OCH3 is 1. The molecule has 1 aromatic rings. The van der Waals surface area contributed by atoms with Crippen molar-refractivity contribution < 1.29 is 19.4 Å². The fourth-order valence-electron chi connectivity index (χ4n) is 1.80. The number of benzene rings is 1. The van der Waals surface area contributed by atoms with Gasteiger partial charge in [0.25, 0.3) is 0 Å². The summed E-state index contributed by atoms with van der Waals surface area (Å²) in [5, 5.41) is 8.71. The van der Waals surface area contributed by atoms with Crippen LogP contribution in [0.2, 0.25) is 0 Å². The van der Waals surface area contributed by atoms with E-state index < -0.39 is 5.97 Å². The van der Waals surface area contributed by atoms with Crippen molar-refractivity contribution >= 4 is 12.0 Å². The fraction of sp³-hybridized carbons (Fsp3) is 0.438. The minimum absolute atomic E-state index is 0.498. The molecule has 0 radical (unpaired) electrons. The molecule has 0 unspecified atom stereocenters. The lowest BCUT2D eigenvalue weighted by Gasteiger charge is -2.16. The van der Waals surface area contributed by atoms with Crippen LogP contribution in [0.15, 0.2) is 24.3 Å². The second-order valence-electron chi connectivity index (χ2n) is 4.57. The van der Waals surface area contributed by atoms with Crippen LogP contribution in [0.5, 0.6) is 11.5 Å². The Balaban J connectivity index is 2.91. The fourth-order valence-corrected chi connectivity index (χ4v) is 1.80. The Labute approximate surface area is 120 Å². The second kappa shape index (κ2) is 8.25. The molecule has 4 heteroatoms. The van der Waals surface area contributed by atoms with Crippen LogP contribution in [0.3, 0.4) is 0 Å². The molecular weight excluding hydrogens is 256 g/mol. The molecule has 0 aliphatic rings. The first-order valence-corrected chi connectivity index (χ1v) is 6.82. The monoisotopic (exact) mass is 278 g/mol. The molecule has 0 aliphatic carbocycles. The highest BCUT2D eigenvalue weighted by Crippen LogP contribution is 2.27. The van der Waals surface area contributed by atoms with E-state index in [1.54, 1.807) is 25.3 Å². The summed E-state index contributed by atoms with van der Waals surface area (Å²) in [5.41, 5.74) is 0.735. The van der Waals surface area contributed by atoms with Crippen LogP contribution in [0.25, 0.3) is 6.08 Å². The molecule has 0 saturated carbocycles. The summed E-state index contributed by atoms with van der Waals surface area (Å²) in [6.07, 6.45) is 4.75. The maximum Gasteiger partial charge on any atom is 0.328 e. The molecule has 0 amide bonds. The molecule has 0 fully saturated rings. The number of hydrogen-bond acceptors (Lipinski definition) is 3. The summed E-state index contributed by atoms with van der Waals surface area (Å²) in [6.45, 7) is 4.89. The van der Waals surface area contributed by atoms with Gasteiger partial charge in [-0.1, -0.05) is 26.7 Å². The van der Waals surface area contributed by atoms with Crippen LogP contribution in [0.4, 0.5) is 0 Å². The van der Waals surface area contributed by atoms with Gasteiger partial charge in [-0.3, -0.25) is 0 Å². The molecule has 0 bridgehead atoms. The Kier molecular flexibility index (Phi) is 6.64. The number of ether oxygens (including phenoxy) is 2. The van der Waals surface area contributed by atoms with Crippen LogP contribution in [-0.2, 0) is 4.79 Å². The summed E-state index contributed by atoms with van der Waals surface area (Å²) in [6, 6.07) is 5.36. The lowest BCUT2D eigenvalue weighted by molar-refractivity contribution is -0.131. The summed E-state index contributed by atoms with van der Waals surface area (Å²) >= 11 is 0. The average molecular weight is 278 g/mol. The number of carboxylic acids is 1. The molecule has 0 aromatic heterocycles. The van der Waals surface area contributed by atoms with Crippen LogP contribution < -0.4 is 9.47 Å². The first-order valence-electron chi connectivity index (χ1n) is 6.82. The third-order valence-corrected chi connectivity index (χ3v) is 3.26. The van der Waals surface area contributed by atoms with E-state index in [0.29, 0.717) is 24.0 Å². The van der Waals surface area contributed by atoms with E-state index >= 15 is 0 Å². The molecule has 1 aromatic carbocycles. The van der Waals surface area contributed by atoms with Gasteiger partial charge in [0.1, 0.15) is 11.5 Å². The highest BCUT2D eigenvalue weighted by molar-refractivity contribution is 5.86. The first kappa shape index (κ1) is 16.1. The van der Waals surface area contributed by atoms with Crippen molar-refractivity contribution in [3.63, 3.8) is 0 Å². The zero-order chi connectivity index (χ0) is 15.0. The maximum absolute atomic E-state index is 10.6. The first-order chi connectivity index (χ1) is 9.60. The van der Waals surface area contributed by atoms with Crippen molar-refractivity contribution in [3.8, 4) is 11.5 Å². The smallest absolute Gasteiger partial charge is 0.328 e. The van der Waals surface area contributed by atoms with E-state index in [-0.39, 0.29) is 0 Å². The molecule has 4 nitrogen and oxygen atoms in total. The Morgan fingerprint density at radius 3 is 2.60 bits per heavy atom. The normalized spacial score (nSPS) is 11.0. The zero-order valence-electron chi connectivity index (χ0n) is 12.3. The van der Waals surface area contributed by atoms with E-state index in [1.807, 2.05) is 0 Å². The van der Waals surface area contributed by atoms with Crippen LogP contribution in [0.1, 0.15) is 32.3 Å². The quantitative estimate of drug-likeness (QED) is 0.738. The molecular formula is C16H22O4. The van der Waals surface area contributed by atoms with Gasteiger partial charge in [-0.25, -0.2) is 4.79 Å². The molecule has 1 rings (SSSR count). The molecule has 0 saturated heterocycles. The SMILES string of the molecule is CCC(CC)COc1cc(OC)ccc1/C=C/C(=O)O. The number of aliphatic carboxylic acids is 1. The lowest BCUT2D eigenvalue weighted by atomic mass is 10.1. The predicted octanol–water partition coefficient (Wildman–Crippen LogP) is 3.61. The molecule has 0 heterocycles. The third kappa shape index (κ3) is 4.96. The van der Waals surface area contributed by atoms with Gasteiger partial charge in [-0.05, 0) is 24.1 Å². The van der Waals surface area contributed by atoms with Crippen molar-refractivity contribution in [3.05, 3.63) is 29.8 Å². The standard InChI is InChI=1S/C16H22O4/c1-4-12(5-2)11-20-15-10-14(19-3)8-6-13(15)7-9-16(17)18/h6-10,12H,4-5,11H2,1-3H3,(H,17,18)/b9-7+. The van der Waals surface area contributed by atoms with E-state index in [1.165, 1.54) is 6.08 Å². The number of carbonyl (C=O) groups is 1. The predicted molar refractivity (Wildman–Crippen MR) is 79.2 cm³/mol. The maximum atomic E-state index is 10.6. The highest BCUT2D eigenvalue weighted by Gasteiger charge is 2.08. The topological polar surface area (TPSA) is 55.8 Å². The van der Waals surface area contributed by atoms with Gasteiger partial charge in [-0.2, -0.15) is 0 Å². The highest BCUT2D eigenvalue weighted by atomic mass is 16.5. The van der Waals surface area contributed by atoms with Crippen molar-refractivity contribution in [1.82, 2.24) is 0 Å². The van der Waals surface area contributed by atoms with Crippen molar-refractivity contribution in [2.75, 3.05) is 13.7 Å². The minimum Gasteiger partial charge on any atom is -0.497 e. The Morgan fingerprint density at radius 2 is 2.05 bits per heavy atom. The molecule has 0 aliphatic heterocycles. The van der Waals surface area contributed by atoms with E-state index in [9.17, 15) is 4.79 Å². The Morgan fingerprint density at radius 1 is 1.35 bits per heavy atom. The van der Waals surface area contributed by atoms with Crippen molar-refractivity contribution in [2.45, 2.75) is 26.7 Å². The summed E-state index contributed by atoms with van der Waals surface area (Å²) < 4.78 is 11.0. The molecule has 0 spiro atoms. The van der Waals surface area contributed by atoms with Gasteiger partial charge in [-0.15, -0.1) is 0 Å². The molecule has 20 heavy (non-hydrogen) atoms. The van der Waals surface area contributed by atoms with Crippen LogP contribution >= 0.6 is 0 Å². The van der Waals surface area contributed by atoms with E-state index in [0.717, 1.165) is 24.5 Å². The largest absolute Gasteiger partial charge is 0.497 e. The molecule has 110 valence electrons.